The molecule has 1 fully saturated rings. The van der Waals surface area contributed by atoms with Crippen LogP contribution in [-0.2, 0) is 4.79 Å². The van der Waals surface area contributed by atoms with Crippen LogP contribution in [0.15, 0.2) is 29.2 Å². The van der Waals surface area contributed by atoms with Crippen LogP contribution in [0.4, 0.5) is 0 Å². The predicted molar refractivity (Wildman–Crippen MR) is 80.2 cm³/mol. The lowest BCUT2D eigenvalue weighted by molar-refractivity contribution is -0.128. The molecule has 1 unspecified atom stereocenters. The molecule has 2 rings (SSSR count). The van der Waals surface area contributed by atoms with Gasteiger partial charge in [0.25, 0.3) is 0 Å². The summed E-state index contributed by atoms with van der Waals surface area (Å²) in [7, 11) is 0. The number of aliphatic hydroxyl groups is 1. The lowest BCUT2D eigenvalue weighted by atomic mass is 10.1. The number of carbonyl (C=O) groups excluding carboxylic acids is 1. The maximum atomic E-state index is 12.0. The van der Waals surface area contributed by atoms with Crippen molar-refractivity contribution >= 4 is 17.7 Å². The van der Waals surface area contributed by atoms with Crippen molar-refractivity contribution in [3.63, 3.8) is 0 Å². The average Bonchev–Trinajstić information content (AvgIpc) is 2.78. The van der Waals surface area contributed by atoms with E-state index in [2.05, 4.69) is 0 Å². The first kappa shape index (κ1) is 15.2. The number of amides is 1. The summed E-state index contributed by atoms with van der Waals surface area (Å²) in [5.74, 6) is 1.34. The van der Waals surface area contributed by atoms with E-state index in [9.17, 15) is 9.90 Å². The van der Waals surface area contributed by atoms with E-state index in [1.54, 1.807) is 11.8 Å². The van der Waals surface area contributed by atoms with Crippen molar-refractivity contribution in [1.82, 2.24) is 4.90 Å². The van der Waals surface area contributed by atoms with Crippen molar-refractivity contribution in [2.75, 3.05) is 25.4 Å². The lowest BCUT2D eigenvalue weighted by Crippen LogP contribution is -2.34. The summed E-state index contributed by atoms with van der Waals surface area (Å²) >= 11 is 1.51. The molecule has 1 aromatic rings. The predicted octanol–water partition coefficient (Wildman–Crippen LogP) is 2.16. The highest BCUT2D eigenvalue weighted by molar-refractivity contribution is 8.00. The van der Waals surface area contributed by atoms with Crippen LogP contribution in [0, 0.1) is 0 Å². The molecule has 1 atom stereocenters. The average molecular weight is 295 g/mol. The lowest BCUT2D eigenvalue weighted by Gasteiger charge is -2.18. The third-order valence-electron chi connectivity index (χ3n) is 3.30. The van der Waals surface area contributed by atoms with Crippen molar-refractivity contribution < 1.29 is 14.6 Å². The number of likely N-dealkylation sites (tertiary alicyclic amines) is 1. The minimum absolute atomic E-state index is 0.0849. The molecule has 0 radical (unpaired) electrons. The van der Waals surface area contributed by atoms with Crippen LogP contribution in [0.2, 0.25) is 0 Å². The molecule has 1 saturated heterocycles. The molecule has 1 aliphatic rings. The van der Waals surface area contributed by atoms with Crippen LogP contribution < -0.4 is 4.74 Å². The number of hydrogen-bond acceptors (Lipinski definition) is 4. The summed E-state index contributed by atoms with van der Waals surface area (Å²) in [5.41, 5.74) is -0.723. The van der Waals surface area contributed by atoms with Gasteiger partial charge in [-0.25, -0.2) is 0 Å². The van der Waals surface area contributed by atoms with Crippen molar-refractivity contribution in [1.29, 1.82) is 0 Å². The molecule has 1 aliphatic heterocycles. The van der Waals surface area contributed by atoms with Gasteiger partial charge in [0.05, 0.1) is 18.0 Å². The number of nitrogens with zero attached hydrogens (tertiary/aromatic N) is 1. The number of hydrogen-bond donors (Lipinski definition) is 1. The van der Waals surface area contributed by atoms with E-state index in [-0.39, 0.29) is 5.91 Å². The Kier molecular flexibility index (Phi) is 4.94. The maximum Gasteiger partial charge on any atom is 0.233 e. The highest BCUT2D eigenvalue weighted by atomic mass is 32.2. The highest BCUT2D eigenvalue weighted by Crippen LogP contribution is 2.24. The number of rotatable bonds is 5. The number of benzene rings is 1. The number of thioether (sulfide) groups is 1. The molecule has 110 valence electrons. The second-order valence-electron chi connectivity index (χ2n) is 5.26. The summed E-state index contributed by atoms with van der Waals surface area (Å²) in [6, 6.07) is 7.75. The fraction of sp³-hybridized carbons (Fsp3) is 0.533. The molecular formula is C15H21NO3S. The smallest absolute Gasteiger partial charge is 0.233 e. The highest BCUT2D eigenvalue weighted by Gasteiger charge is 2.33. The zero-order chi connectivity index (χ0) is 14.6. The van der Waals surface area contributed by atoms with Crippen LogP contribution in [-0.4, -0.2) is 47.0 Å². The largest absolute Gasteiger partial charge is 0.494 e. The molecule has 5 heteroatoms. The van der Waals surface area contributed by atoms with Crippen molar-refractivity contribution in [2.45, 2.75) is 30.8 Å². The first-order chi connectivity index (χ1) is 9.50. The Bertz CT molecular complexity index is 459. The fourth-order valence-corrected chi connectivity index (χ4v) is 2.99. The monoisotopic (exact) mass is 295 g/mol. The Labute approximate surface area is 124 Å². The van der Waals surface area contributed by atoms with Crippen LogP contribution in [0.25, 0.3) is 0 Å². The SMILES string of the molecule is CCOc1ccc(SCC(=O)N2CCC(C)(O)C2)cc1. The zero-order valence-corrected chi connectivity index (χ0v) is 12.8. The van der Waals surface area contributed by atoms with E-state index in [0.29, 0.717) is 31.9 Å². The van der Waals surface area contributed by atoms with Gasteiger partial charge in [0.15, 0.2) is 0 Å². The Morgan fingerprint density at radius 3 is 2.70 bits per heavy atom. The topological polar surface area (TPSA) is 49.8 Å². The first-order valence-corrected chi connectivity index (χ1v) is 7.84. The van der Waals surface area contributed by atoms with Gasteiger partial charge < -0.3 is 14.7 Å². The second kappa shape index (κ2) is 6.50. The second-order valence-corrected chi connectivity index (χ2v) is 6.30. The summed E-state index contributed by atoms with van der Waals surface area (Å²) in [6.45, 7) is 5.47. The molecule has 0 aromatic heterocycles. The Morgan fingerprint density at radius 1 is 1.45 bits per heavy atom. The van der Waals surface area contributed by atoms with E-state index >= 15 is 0 Å². The molecule has 1 N–H and O–H groups in total. The van der Waals surface area contributed by atoms with Crippen LogP contribution in [0.3, 0.4) is 0 Å². The van der Waals surface area contributed by atoms with Gasteiger partial charge in [-0.1, -0.05) is 0 Å². The molecule has 1 amide bonds. The number of β-amino-alcohol motifs (C(OH)–C–C–N with tert-alkyl or cyclic N) is 1. The molecule has 0 spiro atoms. The Hall–Kier alpha value is -1.20. The minimum Gasteiger partial charge on any atom is -0.494 e. The molecule has 0 aliphatic carbocycles. The van der Waals surface area contributed by atoms with Crippen LogP contribution in [0.1, 0.15) is 20.3 Å². The van der Waals surface area contributed by atoms with Gasteiger partial charge in [-0.05, 0) is 44.5 Å². The fourth-order valence-electron chi connectivity index (χ4n) is 2.19. The molecule has 20 heavy (non-hydrogen) atoms. The van der Waals surface area contributed by atoms with E-state index in [4.69, 9.17) is 4.74 Å². The first-order valence-electron chi connectivity index (χ1n) is 6.86. The maximum absolute atomic E-state index is 12.0. The Morgan fingerprint density at radius 2 is 2.15 bits per heavy atom. The van der Waals surface area contributed by atoms with Gasteiger partial charge in [-0.3, -0.25) is 4.79 Å². The molecule has 1 aromatic carbocycles. The van der Waals surface area contributed by atoms with Gasteiger partial charge >= 0.3 is 0 Å². The third-order valence-corrected chi connectivity index (χ3v) is 4.30. The van der Waals surface area contributed by atoms with Gasteiger partial charge in [0.1, 0.15) is 5.75 Å². The molecule has 1 heterocycles. The zero-order valence-electron chi connectivity index (χ0n) is 12.0. The van der Waals surface area contributed by atoms with Gasteiger partial charge in [-0.2, -0.15) is 0 Å². The standard InChI is InChI=1S/C15H21NO3S/c1-3-19-12-4-6-13(7-5-12)20-10-14(17)16-9-8-15(2,18)11-16/h4-7,18H,3,8-11H2,1-2H3. The quantitative estimate of drug-likeness (QED) is 0.846. The molecule has 0 bridgehead atoms. The number of carbonyl (C=O) groups is 1. The van der Waals surface area contributed by atoms with E-state index in [1.165, 1.54) is 11.8 Å². The Balaban J connectivity index is 1.81. The van der Waals surface area contributed by atoms with E-state index < -0.39 is 5.60 Å². The summed E-state index contributed by atoms with van der Waals surface area (Å²) in [6.07, 6.45) is 0.659. The van der Waals surface area contributed by atoms with Gasteiger partial charge in [-0.15, -0.1) is 11.8 Å². The van der Waals surface area contributed by atoms with Gasteiger partial charge in [0.2, 0.25) is 5.91 Å². The van der Waals surface area contributed by atoms with Gasteiger partial charge in [0, 0.05) is 18.0 Å². The summed E-state index contributed by atoms with van der Waals surface area (Å²) < 4.78 is 5.38. The van der Waals surface area contributed by atoms with E-state index in [1.807, 2.05) is 31.2 Å². The summed E-state index contributed by atoms with van der Waals surface area (Å²) in [4.78, 5) is 14.8. The number of ether oxygens (including phenoxy) is 1. The summed E-state index contributed by atoms with van der Waals surface area (Å²) in [5, 5.41) is 9.87. The molecular weight excluding hydrogens is 274 g/mol. The normalized spacial score (nSPS) is 22.1. The minimum atomic E-state index is -0.723. The van der Waals surface area contributed by atoms with Crippen molar-refractivity contribution in [2.24, 2.45) is 0 Å². The third kappa shape index (κ3) is 4.15. The van der Waals surface area contributed by atoms with Crippen molar-refractivity contribution in [3.05, 3.63) is 24.3 Å². The molecule has 4 nitrogen and oxygen atoms in total. The van der Waals surface area contributed by atoms with Crippen LogP contribution >= 0.6 is 11.8 Å². The van der Waals surface area contributed by atoms with Crippen molar-refractivity contribution in [3.8, 4) is 5.75 Å². The molecule has 0 saturated carbocycles. The van der Waals surface area contributed by atoms with E-state index in [0.717, 1.165) is 10.6 Å². The van der Waals surface area contributed by atoms with Crippen LogP contribution in [0.5, 0.6) is 5.75 Å².